The molecule has 0 fully saturated rings. The average Bonchev–Trinajstić information content (AvgIpc) is 2.95. The number of hydrogen-bond donors (Lipinski definition) is 1. The fraction of sp³-hybridized carbons (Fsp3) is 0.118. The van der Waals surface area contributed by atoms with Crippen LogP contribution in [0.2, 0.25) is 0 Å². The van der Waals surface area contributed by atoms with Gasteiger partial charge < -0.3 is 9.72 Å². The fourth-order valence-corrected chi connectivity index (χ4v) is 2.36. The number of carbonyl (C=O) groups is 2. The smallest absolute Gasteiger partial charge is 0.355 e. The largest absolute Gasteiger partial charge is 0.461 e. The zero-order valence-corrected chi connectivity index (χ0v) is 12.0. The molecule has 0 spiro atoms. The molecule has 0 atom stereocenters. The molecule has 5 heteroatoms. The number of ketones is 1. The number of benzene rings is 1. The highest BCUT2D eigenvalue weighted by atomic mass is 16.5. The quantitative estimate of drug-likeness (QED) is 0.593. The second-order valence-electron chi connectivity index (χ2n) is 4.69. The lowest BCUT2D eigenvalue weighted by molar-refractivity contribution is 0.0517. The van der Waals surface area contributed by atoms with Gasteiger partial charge in [0.15, 0.2) is 0 Å². The number of rotatable bonds is 4. The van der Waals surface area contributed by atoms with Gasteiger partial charge in [-0.25, -0.2) is 4.79 Å². The predicted molar refractivity (Wildman–Crippen MR) is 81.9 cm³/mol. The second kappa shape index (κ2) is 5.81. The number of aromatic amines is 1. The Hall–Kier alpha value is -2.95. The molecule has 0 saturated heterocycles. The average molecular weight is 294 g/mol. The first-order valence-corrected chi connectivity index (χ1v) is 6.96. The third-order valence-electron chi connectivity index (χ3n) is 3.31. The molecule has 0 aliphatic carbocycles. The van der Waals surface area contributed by atoms with Crippen LogP contribution in [-0.2, 0) is 4.74 Å². The maximum absolute atomic E-state index is 12.8. The van der Waals surface area contributed by atoms with E-state index in [9.17, 15) is 9.59 Å². The molecule has 3 rings (SSSR count). The molecule has 0 radical (unpaired) electrons. The lowest BCUT2D eigenvalue weighted by Crippen LogP contribution is -2.12. The van der Waals surface area contributed by atoms with Crippen molar-refractivity contribution in [1.82, 2.24) is 9.97 Å². The van der Waals surface area contributed by atoms with Gasteiger partial charge in [-0.1, -0.05) is 24.3 Å². The van der Waals surface area contributed by atoms with Gasteiger partial charge in [-0.2, -0.15) is 0 Å². The van der Waals surface area contributed by atoms with Crippen LogP contribution in [0.3, 0.4) is 0 Å². The van der Waals surface area contributed by atoms with E-state index in [1.165, 1.54) is 0 Å². The van der Waals surface area contributed by atoms with E-state index in [1.54, 1.807) is 37.4 Å². The Bertz CT molecular complexity index is 837. The molecule has 1 N–H and O–H groups in total. The van der Waals surface area contributed by atoms with Crippen LogP contribution >= 0.6 is 0 Å². The van der Waals surface area contributed by atoms with Crippen LogP contribution in [0, 0.1) is 0 Å². The van der Waals surface area contributed by atoms with E-state index in [4.69, 9.17) is 4.74 Å². The predicted octanol–water partition coefficient (Wildman–Crippen LogP) is 2.97. The number of nitrogens with zero attached hydrogens (tertiary/aromatic N) is 1. The van der Waals surface area contributed by atoms with Crippen molar-refractivity contribution in [2.75, 3.05) is 6.61 Å². The summed E-state index contributed by atoms with van der Waals surface area (Å²) >= 11 is 0. The standard InChI is InChI=1S/C17H14N2O3/c1-2-22-17(21)15-14(11-7-3-4-8-12(11)19-15)16(20)13-9-5-6-10-18-13/h3-10,19H,2H2,1H3. The van der Waals surface area contributed by atoms with Gasteiger partial charge in [0.2, 0.25) is 5.78 Å². The highest BCUT2D eigenvalue weighted by Gasteiger charge is 2.25. The molecule has 0 amide bonds. The minimum atomic E-state index is -0.544. The first-order chi connectivity index (χ1) is 10.7. The number of fused-ring (bicyclic) bond motifs is 1. The third kappa shape index (κ3) is 2.37. The van der Waals surface area contributed by atoms with Gasteiger partial charge in [0.1, 0.15) is 11.4 Å². The molecule has 2 aromatic heterocycles. The van der Waals surface area contributed by atoms with Crippen molar-refractivity contribution in [2.24, 2.45) is 0 Å². The summed E-state index contributed by atoms with van der Waals surface area (Å²) in [7, 11) is 0. The summed E-state index contributed by atoms with van der Waals surface area (Å²) in [6, 6.07) is 12.4. The molecule has 22 heavy (non-hydrogen) atoms. The number of pyridine rings is 1. The van der Waals surface area contributed by atoms with Gasteiger partial charge in [0.25, 0.3) is 0 Å². The molecule has 0 bridgehead atoms. The SMILES string of the molecule is CCOC(=O)c1[nH]c2ccccc2c1C(=O)c1ccccn1. The van der Waals surface area contributed by atoms with Crippen LogP contribution in [-0.4, -0.2) is 28.3 Å². The van der Waals surface area contributed by atoms with E-state index in [0.717, 1.165) is 0 Å². The van der Waals surface area contributed by atoms with E-state index in [-0.39, 0.29) is 23.8 Å². The lowest BCUT2D eigenvalue weighted by Gasteiger charge is -2.03. The van der Waals surface area contributed by atoms with E-state index in [2.05, 4.69) is 9.97 Å². The van der Waals surface area contributed by atoms with Crippen molar-refractivity contribution in [1.29, 1.82) is 0 Å². The minimum absolute atomic E-state index is 0.165. The normalized spacial score (nSPS) is 10.6. The van der Waals surface area contributed by atoms with Crippen molar-refractivity contribution >= 4 is 22.7 Å². The summed E-state index contributed by atoms with van der Waals surface area (Å²) in [5.74, 6) is -0.848. The zero-order valence-electron chi connectivity index (χ0n) is 12.0. The highest BCUT2D eigenvalue weighted by molar-refractivity contribution is 6.20. The first-order valence-electron chi connectivity index (χ1n) is 6.96. The van der Waals surface area contributed by atoms with Crippen molar-refractivity contribution < 1.29 is 14.3 Å². The molecule has 0 unspecified atom stereocenters. The van der Waals surface area contributed by atoms with Gasteiger partial charge in [-0.3, -0.25) is 9.78 Å². The number of ether oxygens (including phenoxy) is 1. The summed E-state index contributed by atoms with van der Waals surface area (Å²) < 4.78 is 5.04. The third-order valence-corrected chi connectivity index (χ3v) is 3.31. The Morgan fingerprint density at radius 3 is 2.64 bits per heavy atom. The van der Waals surface area contributed by atoms with E-state index in [0.29, 0.717) is 16.5 Å². The van der Waals surface area contributed by atoms with Gasteiger partial charge >= 0.3 is 5.97 Å². The molecule has 0 saturated carbocycles. The number of hydrogen-bond acceptors (Lipinski definition) is 4. The van der Waals surface area contributed by atoms with E-state index >= 15 is 0 Å². The number of H-pyrrole nitrogens is 1. The van der Waals surface area contributed by atoms with Crippen LogP contribution < -0.4 is 0 Å². The first kappa shape index (κ1) is 14.0. The van der Waals surface area contributed by atoms with Crippen LogP contribution in [0.25, 0.3) is 10.9 Å². The topological polar surface area (TPSA) is 72.1 Å². The number of nitrogens with one attached hydrogen (secondary N) is 1. The van der Waals surface area contributed by atoms with Crippen molar-refractivity contribution in [3.8, 4) is 0 Å². The molecule has 1 aromatic carbocycles. The van der Waals surface area contributed by atoms with Crippen molar-refractivity contribution in [2.45, 2.75) is 6.92 Å². The number of carbonyl (C=O) groups excluding carboxylic acids is 2. The molecular formula is C17H14N2O3. The monoisotopic (exact) mass is 294 g/mol. The van der Waals surface area contributed by atoms with Gasteiger partial charge in [0.05, 0.1) is 12.2 Å². The summed E-state index contributed by atoms with van der Waals surface area (Å²) in [6.45, 7) is 1.96. The molecule has 0 aliphatic rings. The van der Waals surface area contributed by atoms with E-state index < -0.39 is 5.97 Å². The van der Waals surface area contributed by atoms with Crippen molar-refractivity contribution in [3.05, 3.63) is 65.6 Å². The maximum Gasteiger partial charge on any atom is 0.355 e. The van der Waals surface area contributed by atoms with Crippen LogP contribution in [0.1, 0.15) is 33.5 Å². The summed E-state index contributed by atoms with van der Waals surface area (Å²) in [6.07, 6.45) is 1.55. The Morgan fingerprint density at radius 1 is 1.14 bits per heavy atom. The van der Waals surface area contributed by atoms with Crippen LogP contribution in [0.5, 0.6) is 0 Å². The minimum Gasteiger partial charge on any atom is -0.461 e. The summed E-state index contributed by atoms with van der Waals surface area (Å²) in [5.41, 5.74) is 1.47. The number of para-hydroxylation sites is 1. The van der Waals surface area contributed by atoms with Crippen LogP contribution in [0.4, 0.5) is 0 Å². The molecule has 110 valence electrons. The van der Waals surface area contributed by atoms with Gasteiger partial charge in [0, 0.05) is 17.1 Å². The Kier molecular flexibility index (Phi) is 3.70. The lowest BCUT2D eigenvalue weighted by atomic mass is 10.0. The molecule has 3 aromatic rings. The molecule has 2 heterocycles. The Morgan fingerprint density at radius 2 is 1.91 bits per heavy atom. The Labute approximate surface area is 126 Å². The van der Waals surface area contributed by atoms with E-state index in [1.807, 2.05) is 18.2 Å². The summed E-state index contributed by atoms with van der Waals surface area (Å²) in [5, 5.41) is 0.682. The number of esters is 1. The number of aromatic nitrogens is 2. The fourth-order valence-electron chi connectivity index (χ4n) is 2.36. The zero-order chi connectivity index (χ0) is 15.5. The summed E-state index contributed by atoms with van der Waals surface area (Å²) in [4.78, 5) is 32.0. The molecule has 0 aliphatic heterocycles. The molecular weight excluding hydrogens is 280 g/mol. The maximum atomic E-state index is 12.8. The molecule has 5 nitrogen and oxygen atoms in total. The highest BCUT2D eigenvalue weighted by Crippen LogP contribution is 2.25. The van der Waals surface area contributed by atoms with Gasteiger partial charge in [-0.15, -0.1) is 0 Å². The second-order valence-corrected chi connectivity index (χ2v) is 4.69. The van der Waals surface area contributed by atoms with Gasteiger partial charge in [-0.05, 0) is 25.1 Å². The Balaban J connectivity index is 2.20. The van der Waals surface area contributed by atoms with Crippen molar-refractivity contribution in [3.63, 3.8) is 0 Å². The van der Waals surface area contributed by atoms with Crippen LogP contribution in [0.15, 0.2) is 48.7 Å².